The maximum Gasteiger partial charge on any atom is 0.340 e. The van der Waals surface area contributed by atoms with Crippen molar-refractivity contribution in [3.8, 4) is 0 Å². The molecule has 0 aliphatic heterocycles. The molecule has 1 aromatic carbocycles. The van der Waals surface area contributed by atoms with E-state index >= 15 is 0 Å². The number of hydrogen-bond donors (Lipinski definition) is 1. The number of anilines is 1. The van der Waals surface area contributed by atoms with E-state index in [9.17, 15) is 4.79 Å². The Labute approximate surface area is 110 Å². The third kappa shape index (κ3) is 3.77. The van der Waals surface area contributed by atoms with Gasteiger partial charge in [0.15, 0.2) is 0 Å². The number of rotatable bonds is 4. The largest absolute Gasteiger partial charge is 0.457 e. The van der Waals surface area contributed by atoms with E-state index in [1.54, 1.807) is 6.92 Å². The Bertz CT molecular complexity index is 423. The highest BCUT2D eigenvalue weighted by molar-refractivity contribution is 6.44. The summed E-state index contributed by atoms with van der Waals surface area (Å²) in [6.45, 7) is 2.02. The van der Waals surface area contributed by atoms with Crippen LogP contribution in [0, 0.1) is 0 Å². The fourth-order valence-electron chi connectivity index (χ4n) is 1.27. The Hall–Kier alpha value is -0.970. The fraction of sp³-hybridized carbons (Fsp3) is 0.364. The molecular weight excluding hydrogens is 265 g/mol. The second-order valence-corrected chi connectivity index (χ2v) is 4.32. The van der Waals surface area contributed by atoms with Gasteiger partial charge in [0.1, 0.15) is 6.10 Å². The lowest BCUT2D eigenvalue weighted by Gasteiger charge is -2.13. The molecule has 0 spiro atoms. The highest BCUT2D eigenvalue weighted by atomic mass is 35.5. The quantitative estimate of drug-likeness (QED) is 0.679. The Morgan fingerprint density at radius 2 is 2.12 bits per heavy atom. The van der Waals surface area contributed by atoms with Crippen LogP contribution in [0.15, 0.2) is 12.1 Å². The molecule has 4 nitrogen and oxygen atoms in total. The normalized spacial score (nSPS) is 12.2. The molecule has 0 radical (unpaired) electrons. The molecule has 0 aliphatic carbocycles. The molecule has 0 fully saturated rings. The summed E-state index contributed by atoms with van der Waals surface area (Å²) in [4.78, 5) is 11.8. The molecule has 94 valence electrons. The Kier molecular flexibility index (Phi) is 5.05. The first kappa shape index (κ1) is 14.1. The summed E-state index contributed by atoms with van der Waals surface area (Å²) >= 11 is 11.7. The van der Waals surface area contributed by atoms with Crippen LogP contribution in [0.1, 0.15) is 17.3 Å². The standard InChI is InChI=1S/C11H13Cl2NO3/c1-6(5-16-2)17-11(15)8-3-7(14)4-9(12)10(8)13/h3-4,6H,5,14H2,1-2H3. The van der Waals surface area contributed by atoms with Crippen molar-refractivity contribution in [2.45, 2.75) is 13.0 Å². The topological polar surface area (TPSA) is 61.5 Å². The van der Waals surface area contributed by atoms with E-state index in [4.69, 9.17) is 38.4 Å². The highest BCUT2D eigenvalue weighted by Gasteiger charge is 2.17. The van der Waals surface area contributed by atoms with Gasteiger partial charge in [-0.3, -0.25) is 0 Å². The van der Waals surface area contributed by atoms with Crippen LogP contribution in [0.3, 0.4) is 0 Å². The lowest BCUT2D eigenvalue weighted by Crippen LogP contribution is -2.20. The molecule has 0 heterocycles. The minimum atomic E-state index is -0.575. The smallest absolute Gasteiger partial charge is 0.340 e. The average Bonchev–Trinajstić information content (AvgIpc) is 2.23. The van der Waals surface area contributed by atoms with Crippen LogP contribution < -0.4 is 5.73 Å². The van der Waals surface area contributed by atoms with Crippen LogP contribution in [0.4, 0.5) is 5.69 Å². The molecule has 0 amide bonds. The second-order valence-electron chi connectivity index (χ2n) is 3.54. The Balaban J connectivity index is 2.89. The minimum absolute atomic E-state index is 0.135. The number of methoxy groups -OCH3 is 1. The van der Waals surface area contributed by atoms with Crippen LogP contribution in [-0.4, -0.2) is 25.8 Å². The SMILES string of the molecule is COCC(C)OC(=O)c1cc(N)cc(Cl)c1Cl. The molecule has 1 unspecified atom stereocenters. The molecule has 0 saturated heterocycles. The summed E-state index contributed by atoms with van der Waals surface area (Å²) in [6.07, 6.45) is -0.372. The maximum absolute atomic E-state index is 11.8. The number of esters is 1. The van der Waals surface area contributed by atoms with E-state index in [1.807, 2.05) is 0 Å². The number of hydrogen-bond acceptors (Lipinski definition) is 4. The van der Waals surface area contributed by atoms with Gasteiger partial charge >= 0.3 is 5.97 Å². The summed E-state index contributed by atoms with van der Waals surface area (Å²) in [5.41, 5.74) is 6.09. The van der Waals surface area contributed by atoms with Crippen molar-refractivity contribution in [3.63, 3.8) is 0 Å². The molecule has 0 saturated carbocycles. The average molecular weight is 278 g/mol. The zero-order chi connectivity index (χ0) is 13.0. The van der Waals surface area contributed by atoms with Gasteiger partial charge in [-0.15, -0.1) is 0 Å². The van der Waals surface area contributed by atoms with Gasteiger partial charge < -0.3 is 15.2 Å². The number of benzene rings is 1. The van der Waals surface area contributed by atoms with E-state index < -0.39 is 5.97 Å². The molecule has 2 N–H and O–H groups in total. The number of nitrogens with two attached hydrogens (primary N) is 1. The summed E-state index contributed by atoms with van der Waals surface area (Å²) in [5.74, 6) is -0.575. The molecule has 6 heteroatoms. The molecule has 1 aromatic rings. The third-order valence-electron chi connectivity index (χ3n) is 1.98. The number of carbonyl (C=O) groups excluding carboxylic acids is 1. The monoisotopic (exact) mass is 277 g/mol. The lowest BCUT2D eigenvalue weighted by molar-refractivity contribution is 0.0120. The molecule has 1 rings (SSSR count). The van der Waals surface area contributed by atoms with Crippen LogP contribution in [-0.2, 0) is 9.47 Å². The molecular formula is C11H13Cl2NO3. The molecule has 0 aliphatic rings. The van der Waals surface area contributed by atoms with E-state index in [2.05, 4.69) is 0 Å². The molecule has 0 bridgehead atoms. The molecule has 0 aromatic heterocycles. The summed E-state index contributed by atoms with van der Waals surface area (Å²) < 4.78 is 9.96. The van der Waals surface area contributed by atoms with E-state index in [-0.39, 0.29) is 21.7 Å². The van der Waals surface area contributed by atoms with Crippen LogP contribution in [0.5, 0.6) is 0 Å². The number of carbonyl (C=O) groups is 1. The van der Waals surface area contributed by atoms with E-state index in [0.29, 0.717) is 12.3 Å². The predicted octanol–water partition coefficient (Wildman–Crippen LogP) is 2.77. The Morgan fingerprint density at radius 1 is 1.47 bits per heavy atom. The van der Waals surface area contributed by atoms with Crippen molar-refractivity contribution in [1.29, 1.82) is 0 Å². The van der Waals surface area contributed by atoms with Crippen molar-refractivity contribution in [1.82, 2.24) is 0 Å². The lowest BCUT2D eigenvalue weighted by atomic mass is 10.2. The second kappa shape index (κ2) is 6.10. The summed E-state index contributed by atoms with van der Waals surface area (Å²) in [7, 11) is 1.52. The summed E-state index contributed by atoms with van der Waals surface area (Å²) in [5, 5.41) is 0.355. The molecule has 1 atom stereocenters. The van der Waals surface area contributed by atoms with E-state index in [0.717, 1.165) is 0 Å². The molecule has 17 heavy (non-hydrogen) atoms. The van der Waals surface area contributed by atoms with E-state index in [1.165, 1.54) is 19.2 Å². The van der Waals surface area contributed by atoms with Gasteiger partial charge in [0.2, 0.25) is 0 Å². The van der Waals surface area contributed by atoms with Gasteiger partial charge in [0.25, 0.3) is 0 Å². The minimum Gasteiger partial charge on any atom is -0.457 e. The number of nitrogen functional groups attached to an aromatic ring is 1. The van der Waals surface area contributed by atoms with Crippen LogP contribution >= 0.6 is 23.2 Å². The van der Waals surface area contributed by atoms with Crippen LogP contribution in [0.25, 0.3) is 0 Å². The third-order valence-corrected chi connectivity index (χ3v) is 2.78. The van der Waals surface area contributed by atoms with Gasteiger partial charge in [-0.05, 0) is 19.1 Å². The van der Waals surface area contributed by atoms with Crippen molar-refractivity contribution in [2.75, 3.05) is 19.5 Å². The van der Waals surface area contributed by atoms with Crippen LogP contribution in [0.2, 0.25) is 10.0 Å². The van der Waals surface area contributed by atoms with Crippen molar-refractivity contribution in [2.24, 2.45) is 0 Å². The zero-order valence-corrected chi connectivity index (χ0v) is 11.0. The van der Waals surface area contributed by atoms with Crippen molar-refractivity contribution < 1.29 is 14.3 Å². The van der Waals surface area contributed by atoms with Gasteiger partial charge in [0, 0.05) is 12.8 Å². The number of ether oxygens (including phenoxy) is 2. The van der Waals surface area contributed by atoms with Gasteiger partial charge in [0.05, 0.1) is 22.2 Å². The van der Waals surface area contributed by atoms with Gasteiger partial charge in [-0.1, -0.05) is 23.2 Å². The van der Waals surface area contributed by atoms with Crippen molar-refractivity contribution >= 4 is 34.9 Å². The first-order valence-electron chi connectivity index (χ1n) is 4.90. The van der Waals surface area contributed by atoms with Gasteiger partial charge in [-0.2, -0.15) is 0 Å². The first-order valence-corrected chi connectivity index (χ1v) is 5.65. The first-order chi connectivity index (χ1) is 7.95. The Morgan fingerprint density at radius 3 is 2.71 bits per heavy atom. The zero-order valence-electron chi connectivity index (χ0n) is 9.50. The summed E-state index contributed by atoms with van der Waals surface area (Å²) in [6, 6.07) is 2.90. The maximum atomic E-state index is 11.8. The number of halogens is 2. The van der Waals surface area contributed by atoms with Gasteiger partial charge in [-0.25, -0.2) is 4.79 Å². The fourth-order valence-corrected chi connectivity index (χ4v) is 1.69. The highest BCUT2D eigenvalue weighted by Crippen LogP contribution is 2.29. The predicted molar refractivity (Wildman–Crippen MR) is 67.6 cm³/mol. The van der Waals surface area contributed by atoms with Crippen molar-refractivity contribution in [3.05, 3.63) is 27.7 Å².